The zero-order valence-electron chi connectivity index (χ0n) is 17.6. The first-order valence-corrected chi connectivity index (χ1v) is 10.7. The van der Waals surface area contributed by atoms with Crippen LogP contribution in [-0.4, -0.2) is 39.6 Å². The van der Waals surface area contributed by atoms with E-state index in [1.807, 2.05) is 52.0 Å². The van der Waals surface area contributed by atoms with Crippen molar-refractivity contribution in [2.75, 3.05) is 18.4 Å². The Kier molecular flexibility index (Phi) is 6.72. The Morgan fingerprint density at radius 2 is 1.73 bits per heavy atom. The fourth-order valence-electron chi connectivity index (χ4n) is 3.42. The molecule has 0 fully saturated rings. The molecule has 0 saturated carbocycles. The molecule has 156 valence electrons. The minimum atomic E-state index is -0.249. The summed E-state index contributed by atoms with van der Waals surface area (Å²) in [5.41, 5.74) is 3.93. The Morgan fingerprint density at radius 1 is 1.07 bits per heavy atom. The molecular weight excluding hydrogens is 444 g/mol. The SMILES string of the molecule is CCN(CC)C(=O)c1cccc(NC(=O)c2c(C)nn(-c3ccc(Br)cc3)c2C)c1. The lowest BCUT2D eigenvalue weighted by molar-refractivity contribution is 0.0772. The van der Waals surface area contributed by atoms with Gasteiger partial charge in [-0.25, -0.2) is 4.68 Å². The maximum Gasteiger partial charge on any atom is 0.259 e. The van der Waals surface area contributed by atoms with Crippen molar-refractivity contribution in [3.63, 3.8) is 0 Å². The maximum atomic E-state index is 13.0. The van der Waals surface area contributed by atoms with E-state index in [9.17, 15) is 9.59 Å². The molecule has 0 radical (unpaired) electrons. The zero-order valence-corrected chi connectivity index (χ0v) is 19.2. The van der Waals surface area contributed by atoms with Gasteiger partial charge in [0.05, 0.1) is 22.6 Å². The van der Waals surface area contributed by atoms with Gasteiger partial charge < -0.3 is 10.2 Å². The Morgan fingerprint density at radius 3 is 2.37 bits per heavy atom. The second-order valence-electron chi connectivity index (χ2n) is 6.95. The van der Waals surface area contributed by atoms with Gasteiger partial charge in [0.15, 0.2) is 0 Å². The van der Waals surface area contributed by atoms with Crippen LogP contribution in [0.3, 0.4) is 0 Å². The highest BCUT2D eigenvalue weighted by Crippen LogP contribution is 2.21. The van der Waals surface area contributed by atoms with Gasteiger partial charge in [-0.15, -0.1) is 0 Å². The highest BCUT2D eigenvalue weighted by atomic mass is 79.9. The van der Waals surface area contributed by atoms with E-state index in [-0.39, 0.29) is 11.8 Å². The van der Waals surface area contributed by atoms with Crippen molar-refractivity contribution in [3.8, 4) is 5.69 Å². The van der Waals surface area contributed by atoms with Crippen LogP contribution in [0.2, 0.25) is 0 Å². The number of carbonyl (C=O) groups is 2. The summed E-state index contributed by atoms with van der Waals surface area (Å²) in [5.74, 6) is -0.299. The molecule has 1 heterocycles. The number of nitrogens with zero attached hydrogens (tertiary/aromatic N) is 3. The molecule has 1 N–H and O–H groups in total. The van der Waals surface area contributed by atoms with Crippen molar-refractivity contribution in [1.29, 1.82) is 0 Å². The summed E-state index contributed by atoms with van der Waals surface area (Å²) in [7, 11) is 0. The largest absolute Gasteiger partial charge is 0.339 e. The summed E-state index contributed by atoms with van der Waals surface area (Å²) in [6.07, 6.45) is 0. The third kappa shape index (κ3) is 4.46. The van der Waals surface area contributed by atoms with Gasteiger partial charge in [0.1, 0.15) is 0 Å². The summed E-state index contributed by atoms with van der Waals surface area (Å²) in [4.78, 5) is 27.4. The average molecular weight is 469 g/mol. The van der Waals surface area contributed by atoms with Crippen molar-refractivity contribution in [2.45, 2.75) is 27.7 Å². The van der Waals surface area contributed by atoms with Gasteiger partial charge in [0, 0.05) is 28.8 Å². The van der Waals surface area contributed by atoms with Crippen LogP contribution in [0.25, 0.3) is 5.69 Å². The number of nitrogens with one attached hydrogen (secondary N) is 1. The fourth-order valence-corrected chi connectivity index (χ4v) is 3.69. The first-order valence-electron chi connectivity index (χ1n) is 9.88. The van der Waals surface area contributed by atoms with Crippen LogP contribution in [0, 0.1) is 13.8 Å². The molecule has 3 aromatic rings. The molecule has 0 atom stereocenters. The molecule has 0 saturated heterocycles. The van der Waals surface area contributed by atoms with Crippen LogP contribution in [0.1, 0.15) is 46.0 Å². The summed E-state index contributed by atoms with van der Waals surface area (Å²) in [6, 6.07) is 14.8. The van der Waals surface area contributed by atoms with Crippen molar-refractivity contribution in [3.05, 3.63) is 75.5 Å². The monoisotopic (exact) mass is 468 g/mol. The second-order valence-corrected chi connectivity index (χ2v) is 7.86. The Hall–Kier alpha value is -2.93. The van der Waals surface area contributed by atoms with E-state index >= 15 is 0 Å². The normalized spacial score (nSPS) is 10.7. The van der Waals surface area contributed by atoms with E-state index in [1.54, 1.807) is 33.8 Å². The number of halogens is 1. The molecule has 3 rings (SSSR count). The highest BCUT2D eigenvalue weighted by Gasteiger charge is 2.20. The summed E-state index contributed by atoms with van der Waals surface area (Å²) in [6.45, 7) is 8.86. The zero-order chi connectivity index (χ0) is 21.8. The molecular formula is C23H25BrN4O2. The van der Waals surface area contributed by atoms with Crippen LogP contribution in [0.15, 0.2) is 53.0 Å². The Bertz CT molecular complexity index is 1070. The van der Waals surface area contributed by atoms with Crippen LogP contribution in [0.4, 0.5) is 5.69 Å². The molecule has 0 aliphatic heterocycles. The van der Waals surface area contributed by atoms with Crippen LogP contribution in [-0.2, 0) is 0 Å². The molecule has 6 nitrogen and oxygen atoms in total. The Balaban J connectivity index is 1.86. The molecule has 30 heavy (non-hydrogen) atoms. The number of hydrogen-bond donors (Lipinski definition) is 1. The van der Waals surface area contributed by atoms with Crippen LogP contribution in [0.5, 0.6) is 0 Å². The number of rotatable bonds is 6. The lowest BCUT2D eigenvalue weighted by Gasteiger charge is -2.19. The number of amides is 2. The second kappa shape index (κ2) is 9.26. The van der Waals surface area contributed by atoms with Crippen LogP contribution >= 0.6 is 15.9 Å². The number of carbonyl (C=O) groups excluding carboxylic acids is 2. The molecule has 0 aliphatic carbocycles. The number of benzene rings is 2. The molecule has 0 unspecified atom stereocenters. The Labute approximate surface area is 185 Å². The molecule has 2 amide bonds. The van der Waals surface area contributed by atoms with Crippen molar-refractivity contribution in [2.24, 2.45) is 0 Å². The lowest BCUT2D eigenvalue weighted by Crippen LogP contribution is -2.30. The van der Waals surface area contributed by atoms with E-state index in [0.717, 1.165) is 15.9 Å². The van der Waals surface area contributed by atoms with Gasteiger partial charge >= 0.3 is 0 Å². The summed E-state index contributed by atoms with van der Waals surface area (Å²) in [5, 5.41) is 7.46. The number of aryl methyl sites for hydroxylation is 1. The van der Waals surface area contributed by atoms with Crippen molar-refractivity contribution in [1.82, 2.24) is 14.7 Å². The molecule has 7 heteroatoms. The first-order chi connectivity index (χ1) is 14.3. The molecule has 0 bridgehead atoms. The van der Waals surface area contributed by atoms with Gasteiger partial charge in [-0.2, -0.15) is 5.10 Å². The molecule has 0 spiro atoms. The number of anilines is 1. The minimum absolute atomic E-state index is 0.0495. The van der Waals surface area contributed by atoms with Gasteiger partial charge in [-0.1, -0.05) is 22.0 Å². The van der Waals surface area contributed by atoms with Crippen LogP contribution < -0.4 is 5.32 Å². The summed E-state index contributed by atoms with van der Waals surface area (Å²) < 4.78 is 2.74. The van der Waals surface area contributed by atoms with E-state index in [1.165, 1.54) is 0 Å². The smallest absolute Gasteiger partial charge is 0.259 e. The fraction of sp³-hybridized carbons (Fsp3) is 0.261. The minimum Gasteiger partial charge on any atom is -0.339 e. The maximum absolute atomic E-state index is 13.0. The highest BCUT2D eigenvalue weighted by molar-refractivity contribution is 9.10. The molecule has 0 aliphatic rings. The third-order valence-corrected chi connectivity index (χ3v) is 5.54. The van der Waals surface area contributed by atoms with E-state index in [4.69, 9.17) is 0 Å². The summed E-state index contributed by atoms with van der Waals surface area (Å²) >= 11 is 3.43. The number of aromatic nitrogens is 2. The molecule has 1 aromatic heterocycles. The quantitative estimate of drug-likeness (QED) is 0.554. The van der Waals surface area contributed by atoms with Gasteiger partial charge in [0.25, 0.3) is 11.8 Å². The standard InChI is InChI=1S/C23H25BrN4O2/c1-5-27(6-2)23(30)17-8-7-9-19(14-17)25-22(29)21-15(3)26-28(16(21)4)20-12-10-18(24)11-13-20/h7-14H,5-6H2,1-4H3,(H,25,29). The van der Waals surface area contributed by atoms with E-state index in [0.29, 0.717) is 35.6 Å². The average Bonchev–Trinajstić information content (AvgIpc) is 3.03. The van der Waals surface area contributed by atoms with Gasteiger partial charge in [-0.05, 0) is 70.2 Å². The number of hydrogen-bond acceptors (Lipinski definition) is 3. The lowest BCUT2D eigenvalue weighted by atomic mass is 10.1. The van der Waals surface area contributed by atoms with E-state index in [2.05, 4.69) is 26.3 Å². The first kappa shape index (κ1) is 21.8. The topological polar surface area (TPSA) is 67.2 Å². The van der Waals surface area contributed by atoms with Gasteiger partial charge in [0.2, 0.25) is 0 Å². The van der Waals surface area contributed by atoms with Gasteiger partial charge in [-0.3, -0.25) is 9.59 Å². The van der Waals surface area contributed by atoms with E-state index < -0.39 is 0 Å². The predicted octanol–water partition coefficient (Wildman–Crippen LogP) is 4.99. The third-order valence-electron chi connectivity index (χ3n) is 5.01. The predicted molar refractivity (Wildman–Crippen MR) is 122 cm³/mol. The van der Waals surface area contributed by atoms with Crippen molar-refractivity contribution < 1.29 is 9.59 Å². The van der Waals surface area contributed by atoms with Crippen molar-refractivity contribution >= 4 is 33.4 Å². The molecule has 2 aromatic carbocycles.